The van der Waals surface area contributed by atoms with E-state index in [2.05, 4.69) is 0 Å². The fourth-order valence-electron chi connectivity index (χ4n) is 0. The Labute approximate surface area is 162 Å². The fraction of sp³-hybridized carbons (Fsp3) is 0. The molecule has 0 aliphatic heterocycles. The summed E-state index contributed by atoms with van der Waals surface area (Å²) in [5, 5.41) is 15.3. The van der Waals surface area contributed by atoms with Gasteiger partial charge in [0.05, 0.1) is 0 Å². The van der Waals surface area contributed by atoms with E-state index in [1.54, 1.807) is 0 Å². The number of hydrogen-bond acceptors (Lipinski definition) is 6. The molecule has 13 heavy (non-hydrogen) atoms. The predicted octanol–water partition coefficient (Wildman–Crippen LogP) is -11.8. The van der Waals surface area contributed by atoms with Crippen molar-refractivity contribution in [2.75, 3.05) is 0 Å². The Morgan fingerprint density at radius 1 is 1.23 bits per heavy atom. The zero-order chi connectivity index (χ0) is 8.08. The van der Waals surface area contributed by atoms with Gasteiger partial charge in [-0.2, -0.15) is 0 Å². The number of carboxylic acid groups (broad SMARTS) is 2. The van der Waals surface area contributed by atoms with E-state index in [1.165, 1.54) is 0 Å². The van der Waals surface area contributed by atoms with Crippen molar-refractivity contribution in [3.8, 4) is 0 Å². The molecule has 7 nitrogen and oxygen atoms in total. The number of hydrogen-bond donors (Lipinski definition) is 1. The van der Waals surface area contributed by atoms with Crippen molar-refractivity contribution in [2.24, 2.45) is 0 Å². The number of rotatable bonds is 0. The van der Waals surface area contributed by atoms with Crippen molar-refractivity contribution in [1.29, 1.82) is 0 Å². The maximum absolute atomic E-state index is 8.52. The molecule has 12 heteroatoms. The van der Waals surface area contributed by atoms with Crippen molar-refractivity contribution >= 4 is 39.6 Å². The van der Waals surface area contributed by atoms with E-state index < -0.39 is 16.6 Å². The summed E-state index contributed by atoms with van der Waals surface area (Å²) in [4.78, 5) is 8.44. The van der Waals surface area contributed by atoms with Gasteiger partial charge in [0.25, 0.3) is 0 Å². The molecule has 0 amide bonds. The molecule has 0 radical (unpaired) electrons. The van der Waals surface area contributed by atoms with E-state index in [9.17, 15) is 0 Å². The number of carbonyl (C=O) groups is 1. The minimum Gasteiger partial charge on any atom is -1.00 e. The van der Waals surface area contributed by atoms with E-state index in [0.717, 1.165) is 0 Å². The molecule has 0 aliphatic carbocycles. The topological polar surface area (TPSA) is 141 Å². The molecule has 0 heterocycles. The third kappa shape index (κ3) is 304. The second-order valence-corrected chi connectivity index (χ2v) is 1.49. The molecule has 0 saturated carbocycles. The summed E-state index contributed by atoms with van der Waals surface area (Å²) in [5.41, 5.74) is 0. The summed E-state index contributed by atoms with van der Waals surface area (Å²) in [6.07, 6.45) is -2.08. The zero-order valence-corrected chi connectivity index (χ0v) is 15.0. The van der Waals surface area contributed by atoms with Crippen molar-refractivity contribution in [3.05, 3.63) is 0 Å². The van der Waals surface area contributed by atoms with Gasteiger partial charge in [-0.05, 0) is 0 Å². The van der Waals surface area contributed by atoms with Crippen LogP contribution in [0.2, 0.25) is 0 Å². The summed E-state index contributed by atoms with van der Waals surface area (Å²) in [6.45, 7) is 0. The molecular formula is CHClKMgNaO7S. The van der Waals surface area contributed by atoms with Crippen LogP contribution < -0.4 is 98.5 Å². The van der Waals surface area contributed by atoms with E-state index in [1.807, 2.05) is 0 Å². The van der Waals surface area contributed by atoms with E-state index >= 15 is 0 Å². The van der Waals surface area contributed by atoms with Gasteiger partial charge in [-0.25, -0.2) is 0 Å². The molecule has 0 bridgehead atoms. The van der Waals surface area contributed by atoms with Crippen LogP contribution in [0.5, 0.6) is 0 Å². The van der Waals surface area contributed by atoms with Crippen LogP contribution in [0.25, 0.3) is 0 Å². The molecule has 1 N–H and O–H groups in total. The van der Waals surface area contributed by atoms with Gasteiger partial charge in [0.2, 0.25) is 6.16 Å². The van der Waals surface area contributed by atoms with Crippen molar-refractivity contribution < 1.29 is 126 Å². The molecule has 64 valence electrons. The van der Waals surface area contributed by atoms with Crippen LogP contribution in [0.4, 0.5) is 4.79 Å². The standard InChI is InChI=1S/CH2O3.ClH.K.Mg.Na.H2O4S/c2-1(3)4;;;;;1-5(2,3)4/h(H2,2,3,4);1H;;;;(H2,1,2,3,4)/q;;+1;+2;+1;/p-4. The van der Waals surface area contributed by atoms with E-state index in [4.69, 9.17) is 32.5 Å². The first-order chi connectivity index (χ1) is 3.73. The minimum absolute atomic E-state index is 0. The molecule has 0 rings (SSSR count). The quantitative estimate of drug-likeness (QED) is 0.263. The summed E-state index contributed by atoms with van der Waals surface area (Å²) in [7, 11) is -5.17. The Morgan fingerprint density at radius 2 is 1.23 bits per heavy atom. The largest absolute Gasteiger partial charge is 2.00 e. The Morgan fingerprint density at radius 3 is 1.23 bits per heavy atom. The SMILES string of the molecule is O=C([O-])O.O=S(=O)([O-])[O-].[Cl-].[K+].[Mg+2].[Na+]. The molecule has 0 aliphatic rings. The molecule has 0 atom stereocenters. The average molecular weight is 279 g/mol. The van der Waals surface area contributed by atoms with Crippen LogP contribution in [-0.2, 0) is 10.4 Å². The van der Waals surface area contributed by atoms with Gasteiger partial charge in [-0.3, -0.25) is 8.42 Å². The molecular weight excluding hydrogens is 278 g/mol. The third-order valence-corrected chi connectivity index (χ3v) is 0. The maximum atomic E-state index is 8.52. The fourth-order valence-corrected chi connectivity index (χ4v) is 0. The van der Waals surface area contributed by atoms with Gasteiger partial charge in [0.1, 0.15) is 0 Å². The second-order valence-electron chi connectivity index (χ2n) is 0.674. The van der Waals surface area contributed by atoms with E-state index in [0.29, 0.717) is 0 Å². The summed E-state index contributed by atoms with van der Waals surface area (Å²) in [6, 6.07) is 0. The minimum atomic E-state index is -5.17. The average Bonchev–Trinajstić information content (AvgIpc) is 1.19. The molecule has 0 saturated heterocycles. The van der Waals surface area contributed by atoms with Gasteiger partial charge >= 0.3 is 104 Å². The number of halogens is 1. The van der Waals surface area contributed by atoms with Gasteiger partial charge < -0.3 is 36.5 Å². The Hall–Kier alpha value is 2.83. The van der Waals surface area contributed by atoms with Gasteiger partial charge in [-0.15, -0.1) is 0 Å². The van der Waals surface area contributed by atoms with Crippen molar-refractivity contribution in [2.45, 2.75) is 0 Å². The summed E-state index contributed by atoms with van der Waals surface area (Å²) < 4.78 is 34.1. The Bertz CT molecular complexity index is 171. The molecule has 0 aromatic rings. The van der Waals surface area contributed by atoms with Crippen LogP contribution in [0.15, 0.2) is 0 Å². The van der Waals surface area contributed by atoms with Crippen LogP contribution in [-0.4, -0.2) is 51.8 Å². The first-order valence-corrected chi connectivity index (χ1v) is 2.63. The van der Waals surface area contributed by atoms with Gasteiger partial charge in [0, 0.05) is 10.4 Å². The normalized spacial score (nSPS) is 6.31. The Kier molecular flexibility index (Phi) is 56.2. The Balaban J connectivity index is -0.0000000146. The van der Waals surface area contributed by atoms with Crippen LogP contribution in [0.3, 0.4) is 0 Å². The zero-order valence-electron chi connectivity index (χ0n) is 6.89. The third-order valence-electron chi connectivity index (χ3n) is 0. The molecule has 0 spiro atoms. The van der Waals surface area contributed by atoms with E-state index in [-0.39, 0.29) is 116 Å². The van der Waals surface area contributed by atoms with Gasteiger partial charge in [0.15, 0.2) is 0 Å². The molecule has 0 aromatic heterocycles. The molecule has 0 aromatic carbocycles. The molecule has 0 fully saturated rings. The van der Waals surface area contributed by atoms with Crippen LogP contribution in [0.1, 0.15) is 0 Å². The van der Waals surface area contributed by atoms with Crippen LogP contribution >= 0.6 is 0 Å². The van der Waals surface area contributed by atoms with Gasteiger partial charge in [-0.1, -0.05) is 0 Å². The van der Waals surface area contributed by atoms with Crippen LogP contribution in [0, 0.1) is 0 Å². The second kappa shape index (κ2) is 20.3. The summed E-state index contributed by atoms with van der Waals surface area (Å²) >= 11 is 0. The van der Waals surface area contributed by atoms with Crippen molar-refractivity contribution in [1.82, 2.24) is 0 Å². The summed E-state index contributed by atoms with van der Waals surface area (Å²) in [5.74, 6) is 0. The first kappa shape index (κ1) is 36.0. The molecule has 0 unspecified atom stereocenters. The smallest absolute Gasteiger partial charge is 1.00 e. The predicted molar refractivity (Wildman–Crippen MR) is 24.3 cm³/mol. The monoisotopic (exact) mass is 278 g/mol. The van der Waals surface area contributed by atoms with Crippen molar-refractivity contribution in [3.63, 3.8) is 0 Å². The maximum Gasteiger partial charge on any atom is 2.00 e. The first-order valence-electron chi connectivity index (χ1n) is 1.30.